The van der Waals surface area contributed by atoms with E-state index in [1.54, 1.807) is 4.90 Å². The molecule has 0 bridgehead atoms. The van der Waals surface area contributed by atoms with Crippen molar-refractivity contribution < 1.29 is 9.59 Å². The molecule has 2 aromatic carbocycles. The average Bonchev–Trinajstić information content (AvgIpc) is 2.98. The number of anilines is 1. The molecule has 1 aliphatic heterocycles. The van der Waals surface area contributed by atoms with Gasteiger partial charge in [-0.3, -0.25) is 9.59 Å². The Labute approximate surface area is 152 Å². The molecule has 130 valence electrons. The summed E-state index contributed by atoms with van der Waals surface area (Å²) in [6, 6.07) is 15.2. The number of amides is 2. The molecule has 3 rings (SSSR count). The van der Waals surface area contributed by atoms with Gasteiger partial charge in [-0.05, 0) is 41.8 Å². The predicted octanol–water partition coefficient (Wildman–Crippen LogP) is 3.89. The molecule has 1 saturated heterocycles. The number of nitrogens with one attached hydrogen (secondary N) is 1. The summed E-state index contributed by atoms with van der Waals surface area (Å²) < 4.78 is 0. The largest absolute Gasteiger partial charge is 0.338 e. The van der Waals surface area contributed by atoms with E-state index in [0.29, 0.717) is 18.1 Å². The molecular formula is C20H21ClN2O2. The van der Waals surface area contributed by atoms with Crippen LogP contribution >= 0.6 is 11.6 Å². The lowest BCUT2D eigenvalue weighted by Crippen LogP contribution is -2.28. The Bertz CT molecular complexity index is 756. The van der Waals surface area contributed by atoms with E-state index in [0.717, 1.165) is 17.7 Å². The fourth-order valence-corrected chi connectivity index (χ4v) is 3.10. The van der Waals surface area contributed by atoms with Gasteiger partial charge in [-0.1, -0.05) is 42.8 Å². The summed E-state index contributed by atoms with van der Waals surface area (Å²) in [5.74, 6) is -0.404. The van der Waals surface area contributed by atoms with E-state index in [-0.39, 0.29) is 24.2 Å². The quantitative estimate of drug-likeness (QED) is 0.883. The van der Waals surface area contributed by atoms with Gasteiger partial charge in [-0.25, -0.2) is 0 Å². The number of rotatable bonds is 5. The number of hydrogen-bond donors (Lipinski definition) is 1. The first-order valence-corrected chi connectivity index (χ1v) is 8.85. The standard InChI is InChI=1S/C20H21ClN2O2/c1-2-14-5-9-18(10-6-14)22-20(25)16-11-19(24)23(13-16)12-15-3-7-17(21)8-4-15/h3-10,16H,2,11-13H2,1H3,(H,22,25). The van der Waals surface area contributed by atoms with E-state index >= 15 is 0 Å². The number of nitrogens with zero attached hydrogens (tertiary/aromatic N) is 1. The van der Waals surface area contributed by atoms with Gasteiger partial charge in [0.15, 0.2) is 0 Å². The summed E-state index contributed by atoms with van der Waals surface area (Å²) in [5.41, 5.74) is 3.00. The summed E-state index contributed by atoms with van der Waals surface area (Å²) in [6.45, 7) is 3.04. The van der Waals surface area contributed by atoms with Crippen LogP contribution in [0.25, 0.3) is 0 Å². The smallest absolute Gasteiger partial charge is 0.229 e. The van der Waals surface area contributed by atoms with Crippen LogP contribution < -0.4 is 5.32 Å². The fourth-order valence-electron chi connectivity index (χ4n) is 2.98. The van der Waals surface area contributed by atoms with Crippen LogP contribution in [0.4, 0.5) is 5.69 Å². The lowest BCUT2D eigenvalue weighted by Gasteiger charge is -2.17. The monoisotopic (exact) mass is 356 g/mol. The Balaban J connectivity index is 1.59. The van der Waals surface area contributed by atoms with Crippen LogP contribution in [-0.4, -0.2) is 23.3 Å². The number of hydrogen-bond acceptors (Lipinski definition) is 2. The topological polar surface area (TPSA) is 49.4 Å². The van der Waals surface area contributed by atoms with Crippen molar-refractivity contribution in [2.75, 3.05) is 11.9 Å². The molecule has 2 amide bonds. The maximum atomic E-state index is 12.4. The normalized spacial score (nSPS) is 17.0. The van der Waals surface area contributed by atoms with Crippen LogP contribution in [0.2, 0.25) is 5.02 Å². The van der Waals surface area contributed by atoms with Crippen LogP contribution in [0.3, 0.4) is 0 Å². The van der Waals surface area contributed by atoms with Crippen molar-refractivity contribution in [1.82, 2.24) is 4.90 Å². The highest BCUT2D eigenvalue weighted by molar-refractivity contribution is 6.30. The molecule has 0 spiro atoms. The van der Waals surface area contributed by atoms with E-state index in [2.05, 4.69) is 12.2 Å². The predicted molar refractivity (Wildman–Crippen MR) is 99.4 cm³/mol. The molecular weight excluding hydrogens is 336 g/mol. The Morgan fingerprint density at radius 2 is 1.76 bits per heavy atom. The zero-order valence-corrected chi connectivity index (χ0v) is 14.9. The van der Waals surface area contributed by atoms with Gasteiger partial charge < -0.3 is 10.2 Å². The third-order valence-electron chi connectivity index (χ3n) is 4.50. The fraction of sp³-hybridized carbons (Fsp3) is 0.300. The number of carbonyl (C=O) groups excluding carboxylic acids is 2. The van der Waals surface area contributed by atoms with Crippen molar-refractivity contribution in [2.45, 2.75) is 26.3 Å². The van der Waals surface area contributed by atoms with Crippen molar-refractivity contribution in [3.8, 4) is 0 Å². The summed E-state index contributed by atoms with van der Waals surface area (Å²) in [7, 11) is 0. The van der Waals surface area contributed by atoms with Crippen molar-refractivity contribution in [2.24, 2.45) is 5.92 Å². The Kier molecular flexibility index (Phi) is 5.39. The first kappa shape index (κ1) is 17.5. The highest BCUT2D eigenvalue weighted by atomic mass is 35.5. The summed E-state index contributed by atoms with van der Waals surface area (Å²) in [4.78, 5) is 26.4. The summed E-state index contributed by atoms with van der Waals surface area (Å²) in [6.07, 6.45) is 1.22. The van der Waals surface area contributed by atoms with Crippen molar-refractivity contribution in [3.05, 3.63) is 64.7 Å². The Morgan fingerprint density at radius 3 is 2.40 bits per heavy atom. The van der Waals surface area contributed by atoms with Crippen LogP contribution in [0, 0.1) is 5.92 Å². The Morgan fingerprint density at radius 1 is 1.12 bits per heavy atom. The third kappa shape index (κ3) is 4.40. The zero-order chi connectivity index (χ0) is 17.8. The van der Waals surface area contributed by atoms with E-state index in [4.69, 9.17) is 11.6 Å². The van der Waals surface area contributed by atoms with Crippen LogP contribution in [0.15, 0.2) is 48.5 Å². The molecule has 1 fully saturated rings. The van der Waals surface area contributed by atoms with Crippen LogP contribution in [-0.2, 0) is 22.6 Å². The molecule has 2 aromatic rings. The van der Waals surface area contributed by atoms with E-state index < -0.39 is 0 Å². The van der Waals surface area contributed by atoms with E-state index in [1.807, 2.05) is 48.5 Å². The maximum absolute atomic E-state index is 12.4. The second kappa shape index (κ2) is 7.70. The van der Waals surface area contributed by atoms with Gasteiger partial charge in [0.05, 0.1) is 5.92 Å². The number of carbonyl (C=O) groups is 2. The zero-order valence-electron chi connectivity index (χ0n) is 14.2. The average molecular weight is 357 g/mol. The summed E-state index contributed by atoms with van der Waals surface area (Å²) >= 11 is 5.88. The molecule has 0 aromatic heterocycles. The maximum Gasteiger partial charge on any atom is 0.229 e. The molecule has 4 nitrogen and oxygen atoms in total. The summed E-state index contributed by atoms with van der Waals surface area (Å²) in [5, 5.41) is 3.58. The van der Waals surface area contributed by atoms with Gasteiger partial charge in [0, 0.05) is 30.2 Å². The molecule has 1 heterocycles. The van der Waals surface area contributed by atoms with Gasteiger partial charge in [0.25, 0.3) is 0 Å². The first-order chi connectivity index (χ1) is 12.0. The second-order valence-electron chi connectivity index (χ2n) is 6.34. The molecule has 25 heavy (non-hydrogen) atoms. The van der Waals surface area contributed by atoms with Crippen molar-refractivity contribution in [1.29, 1.82) is 0 Å². The van der Waals surface area contributed by atoms with Gasteiger partial charge >= 0.3 is 0 Å². The van der Waals surface area contributed by atoms with E-state index in [9.17, 15) is 9.59 Å². The highest BCUT2D eigenvalue weighted by Gasteiger charge is 2.34. The van der Waals surface area contributed by atoms with Crippen LogP contribution in [0.5, 0.6) is 0 Å². The highest BCUT2D eigenvalue weighted by Crippen LogP contribution is 2.22. The van der Waals surface area contributed by atoms with Gasteiger partial charge in [-0.15, -0.1) is 0 Å². The van der Waals surface area contributed by atoms with Gasteiger partial charge in [0.1, 0.15) is 0 Å². The number of benzene rings is 2. The molecule has 1 N–H and O–H groups in total. The lowest BCUT2D eigenvalue weighted by molar-refractivity contribution is -0.128. The SMILES string of the molecule is CCc1ccc(NC(=O)C2CC(=O)N(Cc3ccc(Cl)cc3)C2)cc1. The number of likely N-dealkylation sites (tertiary alicyclic amines) is 1. The van der Waals surface area contributed by atoms with Crippen molar-refractivity contribution >= 4 is 29.1 Å². The minimum absolute atomic E-state index is 0.0106. The van der Waals surface area contributed by atoms with Gasteiger partial charge in [-0.2, -0.15) is 0 Å². The Hall–Kier alpha value is -2.33. The van der Waals surface area contributed by atoms with Crippen LogP contribution in [0.1, 0.15) is 24.5 Å². The molecule has 0 saturated carbocycles. The molecule has 1 atom stereocenters. The van der Waals surface area contributed by atoms with Gasteiger partial charge in [0.2, 0.25) is 11.8 Å². The van der Waals surface area contributed by atoms with E-state index in [1.165, 1.54) is 5.56 Å². The first-order valence-electron chi connectivity index (χ1n) is 8.47. The molecule has 1 aliphatic rings. The molecule has 1 unspecified atom stereocenters. The third-order valence-corrected chi connectivity index (χ3v) is 4.75. The molecule has 0 aliphatic carbocycles. The minimum atomic E-state index is -0.314. The minimum Gasteiger partial charge on any atom is -0.338 e. The molecule has 0 radical (unpaired) electrons. The number of halogens is 1. The van der Waals surface area contributed by atoms with Crippen molar-refractivity contribution in [3.63, 3.8) is 0 Å². The second-order valence-corrected chi connectivity index (χ2v) is 6.78. The lowest BCUT2D eigenvalue weighted by atomic mass is 10.1. The molecule has 5 heteroatoms. The number of aryl methyl sites for hydroxylation is 1.